The van der Waals surface area contributed by atoms with Crippen LogP contribution in [0.2, 0.25) is 0 Å². The van der Waals surface area contributed by atoms with Crippen LogP contribution in [0.3, 0.4) is 0 Å². The number of nitrogens with zero attached hydrogens (tertiary/aromatic N) is 4. The number of carbonyl (C=O) groups excluding carboxylic acids is 1. The molecule has 29 heavy (non-hydrogen) atoms. The van der Waals surface area contributed by atoms with Gasteiger partial charge in [-0.2, -0.15) is 5.10 Å². The van der Waals surface area contributed by atoms with E-state index in [2.05, 4.69) is 5.10 Å². The Morgan fingerprint density at radius 3 is 2.76 bits per heavy atom. The Morgan fingerprint density at radius 1 is 1.21 bits per heavy atom. The molecule has 0 aliphatic heterocycles. The first-order valence-electron chi connectivity index (χ1n) is 9.23. The van der Waals surface area contributed by atoms with Crippen LogP contribution in [-0.4, -0.2) is 33.8 Å². The lowest BCUT2D eigenvalue weighted by Crippen LogP contribution is -2.34. The molecule has 8 heteroatoms. The molecule has 0 aliphatic carbocycles. The molecule has 148 valence electrons. The van der Waals surface area contributed by atoms with Gasteiger partial charge in [-0.15, -0.1) is 0 Å². The van der Waals surface area contributed by atoms with Gasteiger partial charge in [-0.1, -0.05) is 17.4 Å². The van der Waals surface area contributed by atoms with Gasteiger partial charge in [-0.25, -0.2) is 9.37 Å². The van der Waals surface area contributed by atoms with Gasteiger partial charge in [0.1, 0.15) is 17.1 Å². The van der Waals surface area contributed by atoms with Crippen molar-refractivity contribution in [3.05, 3.63) is 72.3 Å². The Balaban J connectivity index is 1.70. The van der Waals surface area contributed by atoms with Crippen molar-refractivity contribution in [2.75, 3.05) is 18.1 Å². The second-order valence-corrected chi connectivity index (χ2v) is 7.27. The number of aromatic nitrogens is 3. The largest absolute Gasteiger partial charge is 0.492 e. The van der Waals surface area contributed by atoms with E-state index in [0.717, 1.165) is 10.2 Å². The standard InChI is InChI=1S/C21H19FN4O2S/c1-2-28-17-5-3-6-18-19(17)24-21(29-18)26(14-13-25-12-4-11-23-25)20(27)15-7-9-16(22)10-8-15/h3-12H,2,13-14H2,1H3. The average Bonchev–Trinajstić information content (AvgIpc) is 3.39. The summed E-state index contributed by atoms with van der Waals surface area (Å²) in [5, 5.41) is 4.76. The molecule has 0 saturated carbocycles. The SMILES string of the molecule is CCOc1cccc2sc(N(CCn3cccn3)C(=O)c3ccc(F)cc3)nc12. The third-order valence-electron chi connectivity index (χ3n) is 4.35. The second kappa shape index (κ2) is 8.40. The lowest BCUT2D eigenvalue weighted by Gasteiger charge is -2.20. The van der Waals surface area contributed by atoms with E-state index in [0.29, 0.717) is 36.1 Å². The van der Waals surface area contributed by atoms with E-state index in [4.69, 9.17) is 9.72 Å². The molecule has 4 aromatic rings. The Morgan fingerprint density at radius 2 is 2.03 bits per heavy atom. The molecule has 0 atom stereocenters. The van der Waals surface area contributed by atoms with Gasteiger partial charge >= 0.3 is 0 Å². The highest BCUT2D eigenvalue weighted by molar-refractivity contribution is 7.22. The zero-order valence-electron chi connectivity index (χ0n) is 15.8. The molecule has 0 saturated heterocycles. The summed E-state index contributed by atoms with van der Waals surface area (Å²) in [6.07, 6.45) is 3.53. The van der Waals surface area contributed by atoms with Gasteiger partial charge in [0.05, 0.1) is 17.9 Å². The summed E-state index contributed by atoms with van der Waals surface area (Å²) in [6, 6.07) is 13.1. The van der Waals surface area contributed by atoms with Crippen molar-refractivity contribution in [1.82, 2.24) is 14.8 Å². The molecule has 0 fully saturated rings. The fourth-order valence-corrected chi connectivity index (χ4v) is 3.97. The molecular formula is C21H19FN4O2S. The molecule has 1 amide bonds. The molecule has 2 aromatic heterocycles. The number of fused-ring (bicyclic) bond motifs is 1. The topological polar surface area (TPSA) is 60.2 Å². The molecule has 2 aromatic carbocycles. The number of carbonyl (C=O) groups is 1. The quantitative estimate of drug-likeness (QED) is 0.454. The maximum Gasteiger partial charge on any atom is 0.260 e. The van der Waals surface area contributed by atoms with Crippen LogP contribution in [0, 0.1) is 5.82 Å². The fraction of sp³-hybridized carbons (Fsp3) is 0.190. The van der Waals surface area contributed by atoms with Crippen molar-refractivity contribution >= 4 is 32.6 Å². The lowest BCUT2D eigenvalue weighted by atomic mass is 10.2. The Kier molecular flexibility index (Phi) is 5.53. The first-order valence-corrected chi connectivity index (χ1v) is 10.0. The van der Waals surface area contributed by atoms with Crippen molar-refractivity contribution in [2.45, 2.75) is 13.5 Å². The first kappa shape index (κ1) is 19.1. The molecule has 6 nitrogen and oxygen atoms in total. The third kappa shape index (κ3) is 4.12. The van der Waals surface area contributed by atoms with Crippen LogP contribution < -0.4 is 9.64 Å². The monoisotopic (exact) mass is 410 g/mol. The van der Waals surface area contributed by atoms with E-state index >= 15 is 0 Å². The van der Waals surface area contributed by atoms with Crippen molar-refractivity contribution in [1.29, 1.82) is 0 Å². The molecular weight excluding hydrogens is 391 g/mol. The summed E-state index contributed by atoms with van der Waals surface area (Å²) in [5.41, 5.74) is 1.13. The minimum Gasteiger partial charge on any atom is -0.492 e. The Hall–Kier alpha value is -3.26. The summed E-state index contributed by atoms with van der Waals surface area (Å²) in [6.45, 7) is 3.33. The van der Waals surface area contributed by atoms with Crippen LogP contribution in [0.1, 0.15) is 17.3 Å². The zero-order chi connectivity index (χ0) is 20.2. The molecule has 2 heterocycles. The summed E-state index contributed by atoms with van der Waals surface area (Å²) in [4.78, 5) is 19.5. The highest BCUT2D eigenvalue weighted by atomic mass is 32.1. The summed E-state index contributed by atoms with van der Waals surface area (Å²) >= 11 is 1.42. The predicted molar refractivity (Wildman–Crippen MR) is 111 cm³/mol. The molecule has 0 spiro atoms. The van der Waals surface area contributed by atoms with Gasteiger partial charge in [-0.3, -0.25) is 14.4 Å². The van der Waals surface area contributed by atoms with Crippen LogP contribution in [0.15, 0.2) is 60.9 Å². The Bertz CT molecular complexity index is 1110. The van der Waals surface area contributed by atoms with Gasteiger partial charge in [0.15, 0.2) is 5.13 Å². The lowest BCUT2D eigenvalue weighted by molar-refractivity contribution is 0.0985. The predicted octanol–water partition coefficient (Wildman–Crippen LogP) is 4.38. The highest BCUT2D eigenvalue weighted by Gasteiger charge is 2.22. The van der Waals surface area contributed by atoms with Crippen molar-refractivity contribution in [3.63, 3.8) is 0 Å². The van der Waals surface area contributed by atoms with Crippen LogP contribution in [0.25, 0.3) is 10.2 Å². The van der Waals surface area contributed by atoms with Gasteiger partial charge in [-0.05, 0) is 49.4 Å². The number of hydrogen-bond acceptors (Lipinski definition) is 5. The van der Waals surface area contributed by atoms with E-state index < -0.39 is 0 Å². The Labute approximate surface area is 171 Å². The third-order valence-corrected chi connectivity index (χ3v) is 5.39. The minimum absolute atomic E-state index is 0.242. The molecule has 0 N–H and O–H groups in total. The fourth-order valence-electron chi connectivity index (χ4n) is 2.97. The van der Waals surface area contributed by atoms with Gasteiger partial charge < -0.3 is 4.74 Å². The summed E-state index contributed by atoms with van der Waals surface area (Å²) in [5.74, 6) is 0.0638. The summed E-state index contributed by atoms with van der Waals surface area (Å²) in [7, 11) is 0. The minimum atomic E-state index is -0.383. The number of amides is 1. The number of ether oxygens (including phenoxy) is 1. The van der Waals surface area contributed by atoms with Crippen LogP contribution >= 0.6 is 11.3 Å². The van der Waals surface area contributed by atoms with Crippen LogP contribution in [0.5, 0.6) is 5.75 Å². The number of anilines is 1. The van der Waals surface area contributed by atoms with Gasteiger partial charge in [0, 0.05) is 24.5 Å². The van der Waals surface area contributed by atoms with Gasteiger partial charge in [0.2, 0.25) is 0 Å². The smallest absolute Gasteiger partial charge is 0.260 e. The van der Waals surface area contributed by atoms with Crippen molar-refractivity contribution in [2.24, 2.45) is 0 Å². The molecule has 0 aliphatic rings. The second-order valence-electron chi connectivity index (χ2n) is 6.27. The molecule has 0 bridgehead atoms. The van der Waals surface area contributed by atoms with E-state index in [9.17, 15) is 9.18 Å². The van der Waals surface area contributed by atoms with E-state index in [-0.39, 0.29) is 11.7 Å². The number of para-hydroxylation sites is 1. The number of hydrogen-bond donors (Lipinski definition) is 0. The average molecular weight is 410 g/mol. The number of halogens is 1. The first-order chi connectivity index (χ1) is 14.2. The maximum absolute atomic E-state index is 13.3. The van der Waals surface area contributed by atoms with E-state index in [1.807, 2.05) is 37.4 Å². The van der Waals surface area contributed by atoms with Crippen molar-refractivity contribution in [3.8, 4) is 5.75 Å². The number of thiazole rings is 1. The molecule has 4 rings (SSSR count). The maximum atomic E-state index is 13.3. The molecule has 0 radical (unpaired) electrons. The zero-order valence-corrected chi connectivity index (χ0v) is 16.6. The number of rotatable bonds is 7. The molecule has 0 unspecified atom stereocenters. The summed E-state index contributed by atoms with van der Waals surface area (Å²) < 4.78 is 21.7. The van der Waals surface area contributed by atoms with E-state index in [1.54, 1.807) is 15.8 Å². The van der Waals surface area contributed by atoms with Crippen LogP contribution in [-0.2, 0) is 6.54 Å². The van der Waals surface area contributed by atoms with Crippen molar-refractivity contribution < 1.29 is 13.9 Å². The van der Waals surface area contributed by atoms with Crippen LogP contribution in [0.4, 0.5) is 9.52 Å². The van der Waals surface area contributed by atoms with Gasteiger partial charge in [0.25, 0.3) is 5.91 Å². The number of benzene rings is 2. The normalized spacial score (nSPS) is 11.0. The highest BCUT2D eigenvalue weighted by Crippen LogP contribution is 2.34. The van der Waals surface area contributed by atoms with E-state index in [1.165, 1.54) is 35.6 Å².